The second-order valence-corrected chi connectivity index (χ2v) is 9.46. The first-order chi connectivity index (χ1) is 17.8. The molecule has 37 heavy (non-hydrogen) atoms. The lowest BCUT2D eigenvalue weighted by Crippen LogP contribution is -2.46. The van der Waals surface area contributed by atoms with Gasteiger partial charge in [-0.2, -0.15) is 0 Å². The smallest absolute Gasteiger partial charge is 0.326 e. The van der Waals surface area contributed by atoms with Crippen molar-refractivity contribution in [1.82, 2.24) is 15.1 Å². The Morgan fingerprint density at radius 3 is 2.38 bits per heavy atom. The van der Waals surface area contributed by atoms with Crippen molar-refractivity contribution in [3.8, 4) is 11.5 Å². The van der Waals surface area contributed by atoms with E-state index in [2.05, 4.69) is 5.32 Å². The summed E-state index contributed by atoms with van der Waals surface area (Å²) in [5.41, 5.74) is 2.81. The SMILES string of the molecule is Cc1ccc([C@]2(c3ccccc3)NC(=O)N(CC(=O)N(C)Cc3ccc4c(c3)OCCO4)C2=O)cc1C. The third-order valence-electron chi connectivity index (χ3n) is 7.00. The van der Waals surface area contributed by atoms with Crippen molar-refractivity contribution < 1.29 is 23.9 Å². The highest BCUT2D eigenvalue weighted by atomic mass is 16.6. The number of imide groups is 1. The van der Waals surface area contributed by atoms with Crippen LogP contribution in [0.1, 0.15) is 27.8 Å². The molecule has 8 heteroatoms. The summed E-state index contributed by atoms with van der Waals surface area (Å²) in [4.78, 5) is 42.8. The Bertz CT molecular complexity index is 1370. The number of benzene rings is 3. The van der Waals surface area contributed by atoms with Crippen molar-refractivity contribution >= 4 is 17.8 Å². The quantitative estimate of drug-likeness (QED) is 0.525. The first-order valence-electron chi connectivity index (χ1n) is 12.2. The number of likely N-dealkylation sites (N-methyl/N-ethyl adjacent to an activating group) is 1. The van der Waals surface area contributed by atoms with Gasteiger partial charge < -0.3 is 19.7 Å². The summed E-state index contributed by atoms with van der Waals surface area (Å²) < 4.78 is 11.2. The van der Waals surface area contributed by atoms with Crippen molar-refractivity contribution in [3.05, 3.63) is 94.5 Å². The minimum absolute atomic E-state index is 0.292. The predicted octanol–water partition coefficient (Wildman–Crippen LogP) is 3.53. The number of aryl methyl sites for hydroxylation is 2. The molecule has 0 unspecified atom stereocenters. The summed E-state index contributed by atoms with van der Waals surface area (Å²) in [6.45, 7) is 4.86. The van der Waals surface area contributed by atoms with E-state index in [0.29, 0.717) is 42.4 Å². The van der Waals surface area contributed by atoms with E-state index in [1.807, 2.05) is 80.6 Å². The minimum Gasteiger partial charge on any atom is -0.486 e. The van der Waals surface area contributed by atoms with E-state index in [1.165, 1.54) is 4.90 Å². The highest BCUT2D eigenvalue weighted by Gasteiger charge is 2.54. The fraction of sp³-hybridized carbons (Fsp3) is 0.276. The van der Waals surface area contributed by atoms with Crippen LogP contribution in [0.2, 0.25) is 0 Å². The van der Waals surface area contributed by atoms with E-state index < -0.39 is 17.5 Å². The van der Waals surface area contributed by atoms with Crippen LogP contribution in [-0.2, 0) is 21.7 Å². The van der Waals surface area contributed by atoms with Crippen molar-refractivity contribution in [2.75, 3.05) is 26.8 Å². The molecule has 2 aliphatic heterocycles. The topological polar surface area (TPSA) is 88.2 Å². The summed E-state index contributed by atoms with van der Waals surface area (Å²) in [7, 11) is 1.64. The van der Waals surface area contributed by atoms with Crippen LogP contribution in [0.25, 0.3) is 0 Å². The molecule has 0 radical (unpaired) electrons. The summed E-state index contributed by atoms with van der Waals surface area (Å²) in [6.07, 6.45) is 0. The zero-order chi connectivity index (χ0) is 26.2. The van der Waals surface area contributed by atoms with Crippen LogP contribution in [0.15, 0.2) is 66.7 Å². The van der Waals surface area contributed by atoms with Crippen LogP contribution >= 0.6 is 0 Å². The van der Waals surface area contributed by atoms with Crippen molar-refractivity contribution in [2.45, 2.75) is 25.9 Å². The average Bonchev–Trinajstić information content (AvgIpc) is 3.16. The average molecular weight is 500 g/mol. The molecule has 0 aliphatic carbocycles. The number of carbonyl (C=O) groups is 3. The van der Waals surface area contributed by atoms with Gasteiger partial charge in [0.2, 0.25) is 5.91 Å². The molecule has 4 amide bonds. The Morgan fingerprint density at radius 1 is 0.919 bits per heavy atom. The van der Waals surface area contributed by atoms with Crippen LogP contribution in [0.5, 0.6) is 11.5 Å². The number of carbonyl (C=O) groups excluding carboxylic acids is 3. The standard InChI is InChI=1S/C29H29N3O5/c1-19-9-11-23(15-20(19)2)29(22-7-5-4-6-8-22)27(34)32(28(35)30-29)18-26(33)31(3)17-21-10-12-24-25(16-21)37-14-13-36-24/h4-12,15-16H,13-14,17-18H2,1-3H3,(H,30,35)/t29-/m0/s1. The van der Waals surface area contributed by atoms with E-state index >= 15 is 0 Å². The molecule has 190 valence electrons. The zero-order valence-electron chi connectivity index (χ0n) is 21.1. The van der Waals surface area contributed by atoms with E-state index in [1.54, 1.807) is 7.05 Å². The van der Waals surface area contributed by atoms with E-state index in [4.69, 9.17) is 9.47 Å². The molecule has 8 nitrogen and oxygen atoms in total. The second kappa shape index (κ2) is 9.61. The minimum atomic E-state index is -1.41. The molecule has 1 atom stereocenters. The van der Waals surface area contributed by atoms with Crippen LogP contribution in [0.3, 0.4) is 0 Å². The Morgan fingerprint density at radius 2 is 1.65 bits per heavy atom. The number of urea groups is 1. The maximum Gasteiger partial charge on any atom is 0.326 e. The molecular weight excluding hydrogens is 470 g/mol. The lowest BCUT2D eigenvalue weighted by molar-refractivity contribution is -0.138. The van der Waals surface area contributed by atoms with Crippen LogP contribution in [0, 0.1) is 13.8 Å². The van der Waals surface area contributed by atoms with E-state index in [9.17, 15) is 14.4 Å². The summed E-state index contributed by atoms with van der Waals surface area (Å²) in [5.74, 6) is 0.474. The number of nitrogens with one attached hydrogen (secondary N) is 1. The Balaban J connectivity index is 1.39. The molecule has 0 spiro atoms. The molecule has 0 aromatic heterocycles. The Labute approximate surface area is 215 Å². The molecule has 5 rings (SSSR count). The van der Waals surface area contributed by atoms with E-state index in [0.717, 1.165) is 21.6 Å². The number of hydrogen-bond donors (Lipinski definition) is 1. The second-order valence-electron chi connectivity index (χ2n) is 9.46. The van der Waals surface area contributed by atoms with Gasteiger partial charge in [0.1, 0.15) is 19.8 Å². The highest BCUT2D eigenvalue weighted by Crippen LogP contribution is 2.37. The molecule has 0 bridgehead atoms. The predicted molar refractivity (Wildman–Crippen MR) is 137 cm³/mol. The Kier molecular flexibility index (Phi) is 6.33. The third-order valence-corrected chi connectivity index (χ3v) is 7.00. The number of fused-ring (bicyclic) bond motifs is 1. The number of ether oxygens (including phenoxy) is 2. The van der Waals surface area contributed by atoms with Gasteiger partial charge in [-0.25, -0.2) is 4.79 Å². The first kappa shape index (κ1) is 24.4. The van der Waals surface area contributed by atoms with E-state index in [-0.39, 0.29) is 12.5 Å². The van der Waals surface area contributed by atoms with Gasteiger partial charge in [-0.3, -0.25) is 14.5 Å². The summed E-state index contributed by atoms with van der Waals surface area (Å²) >= 11 is 0. The van der Waals surface area contributed by atoms with Crippen LogP contribution in [-0.4, -0.2) is 54.5 Å². The van der Waals surface area contributed by atoms with Crippen molar-refractivity contribution in [3.63, 3.8) is 0 Å². The fourth-order valence-corrected chi connectivity index (χ4v) is 4.74. The summed E-state index contributed by atoms with van der Waals surface area (Å²) in [5, 5.41) is 2.91. The van der Waals surface area contributed by atoms with Gasteiger partial charge in [-0.15, -0.1) is 0 Å². The normalized spacial score (nSPS) is 18.5. The molecule has 0 saturated carbocycles. The molecule has 3 aromatic rings. The van der Waals surface area contributed by atoms with Gasteiger partial charge in [-0.1, -0.05) is 54.6 Å². The molecule has 2 heterocycles. The van der Waals surface area contributed by atoms with Gasteiger partial charge in [0.25, 0.3) is 5.91 Å². The molecule has 2 aliphatic rings. The maximum absolute atomic E-state index is 14.0. The van der Waals surface area contributed by atoms with Crippen LogP contribution < -0.4 is 14.8 Å². The van der Waals surface area contributed by atoms with Gasteiger partial charge in [0, 0.05) is 13.6 Å². The molecule has 1 fully saturated rings. The zero-order valence-corrected chi connectivity index (χ0v) is 21.1. The molecule has 1 saturated heterocycles. The lowest BCUT2D eigenvalue weighted by Gasteiger charge is -2.29. The van der Waals surface area contributed by atoms with Crippen molar-refractivity contribution in [2.24, 2.45) is 0 Å². The highest BCUT2D eigenvalue weighted by molar-refractivity contribution is 6.11. The van der Waals surface area contributed by atoms with Gasteiger partial charge in [-0.05, 0) is 53.8 Å². The number of hydrogen-bond acceptors (Lipinski definition) is 5. The summed E-state index contributed by atoms with van der Waals surface area (Å²) in [6, 6.07) is 19.8. The van der Waals surface area contributed by atoms with Gasteiger partial charge in [0.05, 0.1) is 0 Å². The third kappa shape index (κ3) is 4.39. The number of amides is 4. The largest absolute Gasteiger partial charge is 0.486 e. The molecule has 1 N–H and O–H groups in total. The first-order valence-corrected chi connectivity index (χ1v) is 12.2. The Hall–Kier alpha value is -4.33. The van der Waals surface area contributed by atoms with Gasteiger partial charge >= 0.3 is 6.03 Å². The van der Waals surface area contributed by atoms with Gasteiger partial charge in [0.15, 0.2) is 17.0 Å². The van der Waals surface area contributed by atoms with Crippen LogP contribution in [0.4, 0.5) is 4.79 Å². The van der Waals surface area contributed by atoms with Crippen molar-refractivity contribution in [1.29, 1.82) is 0 Å². The monoisotopic (exact) mass is 499 g/mol. The fourth-order valence-electron chi connectivity index (χ4n) is 4.74. The molecule has 3 aromatic carbocycles. The number of nitrogens with zero attached hydrogens (tertiary/aromatic N) is 2. The number of rotatable bonds is 6. The maximum atomic E-state index is 14.0. The lowest BCUT2D eigenvalue weighted by atomic mass is 9.81. The molecular formula is C29H29N3O5.